The number of aromatic amines is 1. The molecule has 0 fully saturated rings. The molecule has 1 unspecified atom stereocenters. The monoisotopic (exact) mass is 234 g/mol. The van der Waals surface area contributed by atoms with Crippen molar-refractivity contribution in [2.75, 3.05) is 11.9 Å². The van der Waals surface area contributed by atoms with Gasteiger partial charge in [0.1, 0.15) is 0 Å². The Hall–Kier alpha value is -2.08. The SMILES string of the molecule is NC(CNc1ccc2nc[nH]c2c1)CC(=O)O. The number of nitrogens with one attached hydrogen (secondary N) is 2. The van der Waals surface area contributed by atoms with Gasteiger partial charge in [-0.15, -0.1) is 0 Å². The molecule has 0 bridgehead atoms. The zero-order valence-electron chi connectivity index (χ0n) is 9.18. The number of carboxylic acid groups (broad SMARTS) is 1. The van der Waals surface area contributed by atoms with E-state index in [0.717, 1.165) is 16.7 Å². The van der Waals surface area contributed by atoms with Crippen LogP contribution in [0.25, 0.3) is 11.0 Å². The molecule has 0 saturated heterocycles. The maximum Gasteiger partial charge on any atom is 0.304 e. The van der Waals surface area contributed by atoms with E-state index >= 15 is 0 Å². The molecule has 0 radical (unpaired) electrons. The summed E-state index contributed by atoms with van der Waals surface area (Å²) in [5, 5.41) is 11.7. The highest BCUT2D eigenvalue weighted by Gasteiger charge is 2.07. The van der Waals surface area contributed by atoms with Crippen molar-refractivity contribution in [1.82, 2.24) is 9.97 Å². The van der Waals surface area contributed by atoms with Crippen molar-refractivity contribution >= 4 is 22.7 Å². The summed E-state index contributed by atoms with van der Waals surface area (Å²) in [6, 6.07) is 5.29. The number of hydrogen-bond acceptors (Lipinski definition) is 4. The summed E-state index contributed by atoms with van der Waals surface area (Å²) >= 11 is 0. The number of nitrogens with two attached hydrogens (primary N) is 1. The van der Waals surface area contributed by atoms with Gasteiger partial charge in [0.15, 0.2) is 0 Å². The largest absolute Gasteiger partial charge is 0.481 e. The number of rotatable bonds is 5. The van der Waals surface area contributed by atoms with E-state index in [1.807, 2.05) is 18.2 Å². The highest BCUT2D eigenvalue weighted by molar-refractivity contribution is 5.78. The summed E-state index contributed by atoms with van der Waals surface area (Å²) in [6.07, 6.45) is 1.59. The second kappa shape index (κ2) is 4.84. The van der Waals surface area contributed by atoms with Crippen molar-refractivity contribution in [2.45, 2.75) is 12.5 Å². The minimum Gasteiger partial charge on any atom is -0.481 e. The summed E-state index contributed by atoms with van der Waals surface area (Å²) in [7, 11) is 0. The number of aromatic nitrogens is 2. The van der Waals surface area contributed by atoms with Gasteiger partial charge in [-0.25, -0.2) is 4.98 Å². The number of H-pyrrole nitrogens is 1. The molecule has 2 aromatic rings. The number of imidazole rings is 1. The third kappa shape index (κ3) is 2.94. The second-order valence-electron chi connectivity index (χ2n) is 3.87. The average Bonchev–Trinajstić information content (AvgIpc) is 2.72. The number of anilines is 1. The smallest absolute Gasteiger partial charge is 0.304 e. The van der Waals surface area contributed by atoms with E-state index in [1.54, 1.807) is 6.33 Å². The number of hydrogen-bond donors (Lipinski definition) is 4. The maximum atomic E-state index is 10.4. The zero-order valence-corrected chi connectivity index (χ0v) is 9.18. The van der Waals surface area contributed by atoms with Crippen molar-refractivity contribution in [1.29, 1.82) is 0 Å². The lowest BCUT2D eigenvalue weighted by molar-refractivity contribution is -0.137. The number of benzene rings is 1. The van der Waals surface area contributed by atoms with E-state index in [-0.39, 0.29) is 6.42 Å². The first-order chi connectivity index (χ1) is 8.15. The van der Waals surface area contributed by atoms with Gasteiger partial charge in [-0.2, -0.15) is 0 Å². The molecule has 1 atom stereocenters. The maximum absolute atomic E-state index is 10.4. The third-order valence-electron chi connectivity index (χ3n) is 2.43. The lowest BCUT2D eigenvalue weighted by atomic mass is 10.2. The van der Waals surface area contributed by atoms with E-state index in [1.165, 1.54) is 0 Å². The van der Waals surface area contributed by atoms with Crippen molar-refractivity contribution < 1.29 is 9.90 Å². The van der Waals surface area contributed by atoms with Crippen molar-refractivity contribution in [3.63, 3.8) is 0 Å². The molecule has 6 nitrogen and oxygen atoms in total. The van der Waals surface area contributed by atoms with Crippen molar-refractivity contribution in [3.05, 3.63) is 24.5 Å². The van der Waals surface area contributed by atoms with Gasteiger partial charge in [0.05, 0.1) is 23.8 Å². The van der Waals surface area contributed by atoms with Crippen LogP contribution in [-0.4, -0.2) is 33.6 Å². The van der Waals surface area contributed by atoms with Gasteiger partial charge < -0.3 is 21.1 Å². The topological polar surface area (TPSA) is 104 Å². The van der Waals surface area contributed by atoms with Gasteiger partial charge in [0, 0.05) is 18.3 Å². The van der Waals surface area contributed by atoms with Crippen LogP contribution in [-0.2, 0) is 4.79 Å². The second-order valence-corrected chi connectivity index (χ2v) is 3.87. The molecule has 6 heteroatoms. The molecule has 17 heavy (non-hydrogen) atoms. The number of aliphatic carboxylic acids is 1. The summed E-state index contributed by atoms with van der Waals surface area (Å²) in [6.45, 7) is 0.423. The summed E-state index contributed by atoms with van der Waals surface area (Å²) in [4.78, 5) is 17.6. The summed E-state index contributed by atoms with van der Waals surface area (Å²) in [5.74, 6) is -0.886. The van der Waals surface area contributed by atoms with Gasteiger partial charge in [-0.1, -0.05) is 0 Å². The molecule has 0 aliphatic rings. The lowest BCUT2D eigenvalue weighted by Crippen LogP contribution is -2.31. The quantitative estimate of drug-likeness (QED) is 0.612. The molecule has 1 aromatic heterocycles. The molecule has 0 amide bonds. The molecule has 90 valence electrons. The fraction of sp³-hybridized carbons (Fsp3) is 0.273. The van der Waals surface area contributed by atoms with Gasteiger partial charge in [-0.3, -0.25) is 4.79 Å². The van der Waals surface area contributed by atoms with Crippen LogP contribution in [0.5, 0.6) is 0 Å². The van der Waals surface area contributed by atoms with Gasteiger partial charge in [0.25, 0.3) is 0 Å². The fourth-order valence-corrected chi connectivity index (χ4v) is 1.59. The van der Waals surface area contributed by atoms with E-state index in [0.29, 0.717) is 6.54 Å². The van der Waals surface area contributed by atoms with Gasteiger partial charge >= 0.3 is 5.97 Å². The zero-order chi connectivity index (χ0) is 12.3. The van der Waals surface area contributed by atoms with Crippen LogP contribution in [0.15, 0.2) is 24.5 Å². The Balaban J connectivity index is 1.96. The standard InChI is InChI=1S/C11H14N4O2/c12-7(3-11(16)17)5-13-8-1-2-9-10(4-8)15-6-14-9/h1-2,4,6-7,13H,3,5,12H2,(H,14,15)(H,16,17). The minimum atomic E-state index is -0.886. The minimum absolute atomic E-state index is 0.0424. The average molecular weight is 234 g/mol. The number of carbonyl (C=O) groups is 1. The normalized spacial score (nSPS) is 12.5. The van der Waals surface area contributed by atoms with Crippen molar-refractivity contribution in [2.24, 2.45) is 5.73 Å². The Labute approximate surface area is 97.8 Å². The van der Waals surface area contributed by atoms with E-state index in [9.17, 15) is 4.79 Å². The Morgan fingerprint density at radius 3 is 3.18 bits per heavy atom. The first kappa shape index (κ1) is 11.4. The van der Waals surface area contributed by atoms with E-state index in [2.05, 4.69) is 15.3 Å². The molecular weight excluding hydrogens is 220 g/mol. The number of fused-ring (bicyclic) bond motifs is 1. The molecule has 0 aliphatic carbocycles. The molecule has 2 rings (SSSR count). The predicted octanol–water partition coefficient (Wildman–Crippen LogP) is 0.777. The van der Waals surface area contributed by atoms with Gasteiger partial charge in [-0.05, 0) is 18.2 Å². The molecule has 0 aliphatic heterocycles. The summed E-state index contributed by atoms with van der Waals surface area (Å²) in [5.41, 5.74) is 8.37. The third-order valence-corrected chi connectivity index (χ3v) is 2.43. The van der Waals surface area contributed by atoms with Gasteiger partial charge in [0.2, 0.25) is 0 Å². The number of carboxylic acids is 1. The Kier molecular flexibility index (Phi) is 3.24. The van der Waals surface area contributed by atoms with Crippen LogP contribution >= 0.6 is 0 Å². The highest BCUT2D eigenvalue weighted by atomic mass is 16.4. The molecule has 0 saturated carbocycles. The summed E-state index contributed by atoms with van der Waals surface area (Å²) < 4.78 is 0. The Bertz CT molecular complexity index is 523. The molecule has 1 heterocycles. The Morgan fingerprint density at radius 1 is 1.59 bits per heavy atom. The number of nitrogens with zero attached hydrogens (tertiary/aromatic N) is 1. The fourth-order valence-electron chi connectivity index (χ4n) is 1.59. The van der Waals surface area contributed by atoms with Crippen molar-refractivity contribution in [3.8, 4) is 0 Å². The Morgan fingerprint density at radius 2 is 2.41 bits per heavy atom. The van der Waals surface area contributed by atoms with Crippen LogP contribution in [0.1, 0.15) is 6.42 Å². The van der Waals surface area contributed by atoms with Crippen LogP contribution in [0.4, 0.5) is 5.69 Å². The van der Waals surface area contributed by atoms with E-state index in [4.69, 9.17) is 10.8 Å². The first-order valence-corrected chi connectivity index (χ1v) is 5.29. The highest BCUT2D eigenvalue weighted by Crippen LogP contribution is 2.15. The molecule has 5 N–H and O–H groups in total. The first-order valence-electron chi connectivity index (χ1n) is 5.29. The van der Waals surface area contributed by atoms with E-state index < -0.39 is 12.0 Å². The van der Waals surface area contributed by atoms with Crippen LogP contribution in [0.2, 0.25) is 0 Å². The van der Waals surface area contributed by atoms with Crippen LogP contribution < -0.4 is 11.1 Å². The predicted molar refractivity (Wildman–Crippen MR) is 64.8 cm³/mol. The molecule has 0 spiro atoms. The van der Waals surface area contributed by atoms with Crippen LogP contribution in [0, 0.1) is 0 Å². The molecular formula is C11H14N4O2. The molecule has 1 aromatic carbocycles. The van der Waals surface area contributed by atoms with Crippen LogP contribution in [0.3, 0.4) is 0 Å². The lowest BCUT2D eigenvalue weighted by Gasteiger charge is -2.11.